The van der Waals surface area contributed by atoms with E-state index < -0.39 is 4.92 Å². The molecule has 2 rings (SSSR count). The average molecular weight is 264 g/mol. The highest BCUT2D eigenvalue weighted by molar-refractivity contribution is 5.74. The van der Waals surface area contributed by atoms with Gasteiger partial charge in [-0.1, -0.05) is 0 Å². The van der Waals surface area contributed by atoms with E-state index in [9.17, 15) is 14.9 Å². The second kappa shape index (κ2) is 5.85. The van der Waals surface area contributed by atoms with Crippen LogP contribution in [0, 0.1) is 17.0 Å². The van der Waals surface area contributed by atoms with Crippen molar-refractivity contribution >= 4 is 17.7 Å². The molecule has 0 aliphatic carbocycles. The third-order valence-corrected chi connectivity index (χ3v) is 2.64. The number of nitrogens with zero attached hydrogens (tertiary/aromatic N) is 3. The molecule has 0 saturated heterocycles. The minimum Gasteiger partial charge on any atom is -0.397 e. The quantitative estimate of drug-likeness (QED) is 0.507. The summed E-state index contributed by atoms with van der Waals surface area (Å²) < 4.78 is 3.40. The molecule has 7 heteroatoms. The molecule has 2 heterocycles. The second-order valence-electron chi connectivity index (χ2n) is 4.13. The number of rotatable bonds is 2. The van der Waals surface area contributed by atoms with Gasteiger partial charge < -0.3 is 14.9 Å². The number of nitro groups is 1. The molecular weight excluding hydrogens is 248 g/mol. The fourth-order valence-electron chi connectivity index (χ4n) is 1.48. The van der Waals surface area contributed by atoms with Crippen LogP contribution in [-0.2, 0) is 14.1 Å². The van der Waals surface area contributed by atoms with E-state index in [4.69, 9.17) is 5.73 Å². The Hall–Kier alpha value is -2.57. The summed E-state index contributed by atoms with van der Waals surface area (Å²) in [7, 11) is 3.56. The number of hydrogen-bond acceptors (Lipinski definition) is 4. The van der Waals surface area contributed by atoms with Crippen molar-refractivity contribution in [2.45, 2.75) is 6.92 Å². The number of aromatic nitrogens is 2. The van der Waals surface area contributed by atoms with Gasteiger partial charge in [0.2, 0.25) is 0 Å². The smallest absolute Gasteiger partial charge is 0.287 e. The molecule has 0 bridgehead atoms. The molecule has 0 fully saturated rings. The molecule has 0 spiro atoms. The standard InChI is InChI=1S/C6H8N2O2.C6H8N2O/c1-5-3-6(8(9)10)4-7(5)2;1-8-3-5(7)2-6(8)4-9/h3-4H,1-2H3;2-4H,7H2,1H3. The molecule has 0 atom stereocenters. The SMILES string of the molecule is Cc1cc([N+](=O)[O-])cn1C.Cn1cc(N)cc1C=O. The molecule has 0 aliphatic heterocycles. The van der Waals surface area contributed by atoms with Crippen LogP contribution in [0.2, 0.25) is 0 Å². The van der Waals surface area contributed by atoms with E-state index in [1.807, 2.05) is 6.92 Å². The zero-order chi connectivity index (χ0) is 14.6. The fourth-order valence-corrected chi connectivity index (χ4v) is 1.48. The van der Waals surface area contributed by atoms with E-state index in [2.05, 4.69) is 0 Å². The van der Waals surface area contributed by atoms with Crippen LogP contribution in [0.4, 0.5) is 11.4 Å². The van der Waals surface area contributed by atoms with Crippen molar-refractivity contribution in [1.29, 1.82) is 0 Å². The summed E-state index contributed by atoms with van der Waals surface area (Å²) in [4.78, 5) is 19.9. The molecular formula is C12H16N4O3. The highest BCUT2D eigenvalue weighted by atomic mass is 16.6. The first-order valence-electron chi connectivity index (χ1n) is 5.49. The number of nitrogens with two attached hydrogens (primary N) is 1. The van der Waals surface area contributed by atoms with Crippen molar-refractivity contribution in [1.82, 2.24) is 9.13 Å². The number of carbonyl (C=O) groups excluding carboxylic acids is 1. The van der Waals surface area contributed by atoms with Crippen molar-refractivity contribution < 1.29 is 9.72 Å². The van der Waals surface area contributed by atoms with E-state index in [0.717, 1.165) is 12.0 Å². The molecule has 0 unspecified atom stereocenters. The highest BCUT2D eigenvalue weighted by Crippen LogP contribution is 2.13. The molecule has 102 valence electrons. The van der Waals surface area contributed by atoms with Gasteiger partial charge in [0.05, 0.1) is 22.5 Å². The van der Waals surface area contributed by atoms with Gasteiger partial charge in [-0.2, -0.15) is 0 Å². The van der Waals surface area contributed by atoms with Gasteiger partial charge in [-0.15, -0.1) is 0 Å². The van der Waals surface area contributed by atoms with Gasteiger partial charge in [0.25, 0.3) is 5.69 Å². The molecule has 0 radical (unpaired) electrons. The molecule has 19 heavy (non-hydrogen) atoms. The Balaban J connectivity index is 0.000000191. The van der Waals surface area contributed by atoms with Crippen LogP contribution in [-0.4, -0.2) is 20.3 Å². The van der Waals surface area contributed by atoms with Crippen LogP contribution in [0.25, 0.3) is 0 Å². The van der Waals surface area contributed by atoms with Crippen molar-refractivity contribution in [3.8, 4) is 0 Å². The molecule has 2 aromatic heterocycles. The van der Waals surface area contributed by atoms with Crippen LogP contribution in [0.5, 0.6) is 0 Å². The van der Waals surface area contributed by atoms with Crippen molar-refractivity contribution in [2.75, 3.05) is 5.73 Å². The van der Waals surface area contributed by atoms with Crippen LogP contribution in [0.3, 0.4) is 0 Å². The van der Waals surface area contributed by atoms with Crippen molar-refractivity contribution in [3.63, 3.8) is 0 Å². The lowest BCUT2D eigenvalue weighted by atomic mass is 10.4. The van der Waals surface area contributed by atoms with Gasteiger partial charge in [-0.05, 0) is 13.0 Å². The first-order chi connectivity index (χ1) is 8.85. The van der Waals surface area contributed by atoms with Gasteiger partial charge in [-0.25, -0.2) is 0 Å². The lowest BCUT2D eigenvalue weighted by Gasteiger charge is -1.88. The summed E-state index contributed by atoms with van der Waals surface area (Å²) in [5.74, 6) is 0. The number of aldehydes is 1. The maximum atomic E-state index is 10.2. The second-order valence-corrected chi connectivity index (χ2v) is 4.13. The Kier molecular flexibility index (Phi) is 4.46. The maximum absolute atomic E-state index is 10.2. The van der Waals surface area contributed by atoms with Gasteiger partial charge in [0, 0.05) is 32.1 Å². The molecule has 0 saturated carbocycles. The number of hydrogen-bond donors (Lipinski definition) is 1. The third kappa shape index (κ3) is 3.70. The van der Waals surface area contributed by atoms with Gasteiger partial charge >= 0.3 is 0 Å². The number of anilines is 1. The number of nitrogen functional groups attached to an aromatic ring is 1. The van der Waals surface area contributed by atoms with Gasteiger partial charge in [-0.3, -0.25) is 14.9 Å². The van der Waals surface area contributed by atoms with Gasteiger partial charge in [0.15, 0.2) is 6.29 Å². The molecule has 2 aromatic rings. The van der Waals surface area contributed by atoms with E-state index in [1.54, 1.807) is 41.6 Å². The monoisotopic (exact) mass is 264 g/mol. The van der Waals surface area contributed by atoms with Crippen molar-refractivity contribution in [2.24, 2.45) is 14.1 Å². The van der Waals surface area contributed by atoms with Crippen molar-refractivity contribution in [3.05, 3.63) is 46.0 Å². The fraction of sp³-hybridized carbons (Fsp3) is 0.250. The predicted octanol–water partition coefficient (Wildman–Crippen LogP) is 1.66. The summed E-state index contributed by atoms with van der Waals surface area (Å²) in [6, 6.07) is 3.17. The summed E-state index contributed by atoms with van der Waals surface area (Å²) >= 11 is 0. The lowest BCUT2D eigenvalue weighted by molar-refractivity contribution is -0.384. The van der Waals surface area contributed by atoms with E-state index >= 15 is 0 Å². The van der Waals surface area contributed by atoms with Crippen LogP contribution >= 0.6 is 0 Å². The lowest BCUT2D eigenvalue weighted by Crippen LogP contribution is -1.90. The van der Waals surface area contributed by atoms with Crippen LogP contribution in [0.1, 0.15) is 16.2 Å². The minimum absolute atomic E-state index is 0.153. The van der Waals surface area contributed by atoms with E-state index in [-0.39, 0.29) is 5.69 Å². The maximum Gasteiger partial charge on any atom is 0.287 e. The van der Waals surface area contributed by atoms with E-state index in [1.165, 1.54) is 6.20 Å². The Morgan fingerprint density at radius 2 is 1.89 bits per heavy atom. The van der Waals surface area contributed by atoms with E-state index in [0.29, 0.717) is 11.4 Å². The molecule has 7 nitrogen and oxygen atoms in total. The molecule has 2 N–H and O–H groups in total. The molecule has 0 aliphatic rings. The zero-order valence-corrected chi connectivity index (χ0v) is 11.0. The number of aryl methyl sites for hydroxylation is 3. The predicted molar refractivity (Wildman–Crippen MR) is 72.0 cm³/mol. The Morgan fingerprint density at radius 1 is 1.26 bits per heavy atom. The molecule has 0 aromatic carbocycles. The van der Waals surface area contributed by atoms with Gasteiger partial charge in [0.1, 0.15) is 0 Å². The summed E-state index contributed by atoms with van der Waals surface area (Å²) in [6.07, 6.45) is 3.97. The first-order valence-corrected chi connectivity index (χ1v) is 5.49. The Morgan fingerprint density at radius 3 is 2.11 bits per heavy atom. The third-order valence-electron chi connectivity index (χ3n) is 2.64. The molecule has 0 amide bonds. The summed E-state index contributed by atoms with van der Waals surface area (Å²) in [6.45, 7) is 1.83. The Labute approximate surface area is 110 Å². The zero-order valence-electron chi connectivity index (χ0n) is 11.0. The largest absolute Gasteiger partial charge is 0.397 e. The highest BCUT2D eigenvalue weighted by Gasteiger charge is 2.07. The topological polar surface area (TPSA) is 96.1 Å². The average Bonchev–Trinajstić information content (AvgIpc) is 2.83. The Bertz CT molecular complexity index is 579. The van der Waals surface area contributed by atoms with Crippen LogP contribution in [0.15, 0.2) is 24.5 Å². The first kappa shape index (κ1) is 14.5. The summed E-state index contributed by atoms with van der Waals surface area (Å²) in [5.41, 5.74) is 7.65. The number of carbonyl (C=O) groups is 1. The minimum atomic E-state index is -0.396. The van der Waals surface area contributed by atoms with Crippen LogP contribution < -0.4 is 5.73 Å². The normalized spacial score (nSPS) is 9.63. The summed E-state index contributed by atoms with van der Waals surface area (Å²) in [5, 5.41) is 10.2.